The first-order valence-corrected chi connectivity index (χ1v) is 3.65. The lowest BCUT2D eigenvalue weighted by molar-refractivity contribution is -0.111. The van der Waals surface area contributed by atoms with Gasteiger partial charge in [-0.25, -0.2) is 0 Å². The van der Waals surface area contributed by atoms with Crippen LogP contribution in [0.3, 0.4) is 0 Å². The summed E-state index contributed by atoms with van der Waals surface area (Å²) >= 11 is 0. The molecule has 3 nitrogen and oxygen atoms in total. The van der Waals surface area contributed by atoms with Gasteiger partial charge in [0.25, 0.3) is 0 Å². The summed E-state index contributed by atoms with van der Waals surface area (Å²) in [6.07, 6.45) is 1.69. The number of aliphatic imine (C=N–C) groups is 1. The van der Waals surface area contributed by atoms with Gasteiger partial charge in [0.05, 0.1) is 6.21 Å². The van der Waals surface area contributed by atoms with Gasteiger partial charge in [-0.05, 0) is 12.1 Å². The molecule has 0 spiro atoms. The number of fused-ring (bicyclic) bond motifs is 1. The highest BCUT2D eigenvalue weighted by Gasteiger charge is 2.13. The minimum absolute atomic E-state index is 0.528. The smallest absolute Gasteiger partial charge is 0.189 e. The summed E-state index contributed by atoms with van der Waals surface area (Å²) in [4.78, 5) is 14.4. The van der Waals surface area contributed by atoms with E-state index in [1.165, 1.54) is 6.21 Å². The van der Waals surface area contributed by atoms with Crippen LogP contribution in [0.2, 0.25) is 0 Å². The number of aldehydes is 1. The van der Waals surface area contributed by atoms with Crippen LogP contribution in [0.1, 0.15) is 0 Å². The molecule has 0 aliphatic carbocycles. The number of hydrogen-bond acceptors (Lipinski definition) is 3. The molecule has 2 rings (SSSR count). The highest BCUT2D eigenvalue weighted by Crippen LogP contribution is 2.29. The van der Waals surface area contributed by atoms with Crippen LogP contribution in [0, 0.1) is 0 Å². The number of rotatable bonds is 1. The predicted octanol–water partition coefficient (Wildman–Crippen LogP) is 1.35. The Hall–Kier alpha value is -1.64. The fourth-order valence-corrected chi connectivity index (χ4v) is 1.06. The van der Waals surface area contributed by atoms with E-state index in [0.717, 1.165) is 12.0 Å². The lowest BCUT2D eigenvalue weighted by Crippen LogP contribution is -2.21. The highest BCUT2D eigenvalue weighted by molar-refractivity contribution is 5.88. The van der Waals surface area contributed by atoms with Crippen molar-refractivity contribution in [3.8, 4) is 5.75 Å². The molecule has 0 N–H and O–H groups in total. The molecular formula is C9H7NO2. The van der Waals surface area contributed by atoms with E-state index < -0.39 is 6.10 Å². The molecule has 1 atom stereocenters. The molecule has 0 fully saturated rings. The van der Waals surface area contributed by atoms with Crippen molar-refractivity contribution in [2.75, 3.05) is 0 Å². The number of ether oxygens (including phenoxy) is 1. The Bertz CT molecular complexity index is 333. The molecule has 1 aromatic carbocycles. The molecular weight excluding hydrogens is 154 g/mol. The molecule has 1 aromatic rings. The van der Waals surface area contributed by atoms with Gasteiger partial charge in [0.15, 0.2) is 12.4 Å². The van der Waals surface area contributed by atoms with Gasteiger partial charge in [0.2, 0.25) is 0 Å². The molecule has 0 bridgehead atoms. The Morgan fingerprint density at radius 3 is 3.08 bits per heavy atom. The van der Waals surface area contributed by atoms with Crippen molar-refractivity contribution in [3.05, 3.63) is 24.3 Å². The Morgan fingerprint density at radius 2 is 2.25 bits per heavy atom. The van der Waals surface area contributed by atoms with Gasteiger partial charge in [-0.1, -0.05) is 12.1 Å². The van der Waals surface area contributed by atoms with E-state index in [0.29, 0.717) is 5.75 Å². The van der Waals surface area contributed by atoms with E-state index in [-0.39, 0.29) is 0 Å². The van der Waals surface area contributed by atoms with Crippen LogP contribution in [0.15, 0.2) is 29.3 Å². The molecule has 1 heterocycles. The van der Waals surface area contributed by atoms with Gasteiger partial charge in [-0.2, -0.15) is 0 Å². The summed E-state index contributed by atoms with van der Waals surface area (Å²) in [5.74, 6) is 0.664. The number of nitrogens with zero attached hydrogens (tertiary/aromatic N) is 1. The number of carbonyl (C=O) groups excluding carboxylic acids is 1. The maximum Gasteiger partial charge on any atom is 0.189 e. The van der Waals surface area contributed by atoms with E-state index in [1.807, 2.05) is 18.2 Å². The van der Waals surface area contributed by atoms with Crippen LogP contribution in [-0.4, -0.2) is 18.6 Å². The first-order chi connectivity index (χ1) is 5.90. The van der Waals surface area contributed by atoms with Crippen molar-refractivity contribution in [1.82, 2.24) is 0 Å². The molecule has 1 aliphatic heterocycles. The summed E-state index contributed by atoms with van der Waals surface area (Å²) in [7, 11) is 0. The molecule has 12 heavy (non-hydrogen) atoms. The summed E-state index contributed by atoms with van der Waals surface area (Å²) in [5.41, 5.74) is 0.774. The first kappa shape index (κ1) is 7.03. The number of para-hydroxylation sites is 2. The Balaban J connectivity index is 2.39. The van der Waals surface area contributed by atoms with Gasteiger partial charge >= 0.3 is 0 Å². The summed E-state index contributed by atoms with van der Waals surface area (Å²) in [6, 6.07) is 7.36. The van der Waals surface area contributed by atoms with E-state index in [1.54, 1.807) is 6.07 Å². The average Bonchev–Trinajstić information content (AvgIpc) is 2.17. The fourth-order valence-electron chi connectivity index (χ4n) is 1.06. The van der Waals surface area contributed by atoms with Crippen LogP contribution in [0.4, 0.5) is 5.69 Å². The van der Waals surface area contributed by atoms with Gasteiger partial charge < -0.3 is 4.74 Å². The van der Waals surface area contributed by atoms with Gasteiger partial charge in [-0.15, -0.1) is 0 Å². The van der Waals surface area contributed by atoms with Gasteiger partial charge in [-0.3, -0.25) is 9.79 Å². The van der Waals surface area contributed by atoms with Crippen LogP contribution >= 0.6 is 0 Å². The molecule has 0 amide bonds. The highest BCUT2D eigenvalue weighted by atomic mass is 16.5. The molecule has 0 radical (unpaired) electrons. The number of hydrogen-bond donors (Lipinski definition) is 0. The van der Waals surface area contributed by atoms with Crippen LogP contribution < -0.4 is 4.74 Å². The monoisotopic (exact) mass is 161 g/mol. The lowest BCUT2D eigenvalue weighted by Gasteiger charge is -2.15. The third-order valence-corrected chi connectivity index (χ3v) is 1.62. The summed E-state index contributed by atoms with van der Waals surface area (Å²) < 4.78 is 5.26. The van der Waals surface area contributed by atoms with E-state index in [4.69, 9.17) is 4.74 Å². The van der Waals surface area contributed by atoms with Crippen molar-refractivity contribution in [1.29, 1.82) is 0 Å². The Morgan fingerprint density at radius 1 is 1.42 bits per heavy atom. The summed E-state index contributed by atoms with van der Waals surface area (Å²) in [6.45, 7) is 0. The lowest BCUT2D eigenvalue weighted by atomic mass is 10.2. The molecule has 1 unspecified atom stereocenters. The second-order valence-electron chi connectivity index (χ2n) is 2.46. The Kier molecular flexibility index (Phi) is 1.63. The Labute approximate surface area is 69.7 Å². The molecule has 0 saturated heterocycles. The van der Waals surface area contributed by atoms with Crippen molar-refractivity contribution in [2.24, 2.45) is 4.99 Å². The van der Waals surface area contributed by atoms with Crippen molar-refractivity contribution in [2.45, 2.75) is 6.10 Å². The zero-order valence-corrected chi connectivity index (χ0v) is 6.31. The second kappa shape index (κ2) is 2.77. The quantitative estimate of drug-likeness (QED) is 0.583. The van der Waals surface area contributed by atoms with Crippen molar-refractivity contribution < 1.29 is 9.53 Å². The number of benzene rings is 1. The van der Waals surface area contributed by atoms with Gasteiger partial charge in [0, 0.05) is 0 Å². The van der Waals surface area contributed by atoms with E-state index >= 15 is 0 Å². The SMILES string of the molecule is O=CC1C=Nc2ccccc2O1. The zero-order valence-electron chi connectivity index (χ0n) is 6.31. The minimum atomic E-state index is -0.528. The molecule has 1 aliphatic rings. The maximum absolute atomic E-state index is 10.4. The third kappa shape index (κ3) is 1.09. The van der Waals surface area contributed by atoms with Crippen molar-refractivity contribution >= 4 is 18.2 Å². The van der Waals surface area contributed by atoms with Crippen LogP contribution in [0.5, 0.6) is 5.75 Å². The maximum atomic E-state index is 10.4. The summed E-state index contributed by atoms with van der Waals surface area (Å²) in [5, 5.41) is 0. The largest absolute Gasteiger partial charge is 0.475 e. The number of carbonyl (C=O) groups is 1. The third-order valence-electron chi connectivity index (χ3n) is 1.62. The minimum Gasteiger partial charge on any atom is -0.475 e. The average molecular weight is 161 g/mol. The predicted molar refractivity (Wildman–Crippen MR) is 45.1 cm³/mol. The van der Waals surface area contributed by atoms with Gasteiger partial charge in [0.1, 0.15) is 11.4 Å². The topological polar surface area (TPSA) is 38.7 Å². The zero-order chi connectivity index (χ0) is 8.39. The molecule has 0 saturated carbocycles. The van der Waals surface area contributed by atoms with E-state index in [9.17, 15) is 4.79 Å². The molecule has 60 valence electrons. The fraction of sp³-hybridized carbons (Fsp3) is 0.111. The van der Waals surface area contributed by atoms with Crippen LogP contribution in [-0.2, 0) is 4.79 Å². The molecule has 0 aromatic heterocycles. The van der Waals surface area contributed by atoms with E-state index in [2.05, 4.69) is 4.99 Å². The normalized spacial score (nSPS) is 19.5. The standard InChI is InChI=1S/C9H7NO2/c11-6-7-5-10-8-3-1-2-4-9(8)12-7/h1-7H. The van der Waals surface area contributed by atoms with Crippen molar-refractivity contribution in [3.63, 3.8) is 0 Å². The second-order valence-corrected chi connectivity index (χ2v) is 2.46. The van der Waals surface area contributed by atoms with Crippen LogP contribution in [0.25, 0.3) is 0 Å². The molecule has 3 heteroatoms. The first-order valence-electron chi connectivity index (χ1n) is 3.65.